The van der Waals surface area contributed by atoms with Crippen LogP contribution in [0.1, 0.15) is 10.4 Å². The molecule has 0 atom stereocenters. The Bertz CT molecular complexity index is 536. The number of alkyl halides is 3. The van der Waals surface area contributed by atoms with Crippen molar-refractivity contribution >= 4 is 46.1 Å². The van der Waals surface area contributed by atoms with E-state index >= 15 is 0 Å². The van der Waals surface area contributed by atoms with E-state index in [1.807, 2.05) is 0 Å². The lowest BCUT2D eigenvalue weighted by molar-refractivity contribution is -0.149. The second-order valence-electron chi connectivity index (χ2n) is 3.79. The fourth-order valence-electron chi connectivity index (χ4n) is 1.41. The maximum Gasteiger partial charge on any atom is 0.406 e. The molecule has 1 amide bonds. The third-order valence-electron chi connectivity index (χ3n) is 2.14. The standard InChI is InChI=1S/C11H8ClF3INO3/c12-6-1-2-8(16)7(3-6)10(20)17(4-9(18)19)5-11(13,14)15/h1-3H,4-5H2,(H,18,19). The zero-order valence-electron chi connectivity index (χ0n) is 9.75. The highest BCUT2D eigenvalue weighted by molar-refractivity contribution is 14.1. The van der Waals surface area contributed by atoms with E-state index in [-0.39, 0.29) is 15.5 Å². The van der Waals surface area contributed by atoms with Crippen LogP contribution in [-0.2, 0) is 4.79 Å². The number of benzene rings is 1. The summed E-state index contributed by atoms with van der Waals surface area (Å²) in [6, 6.07) is 4.14. The maximum atomic E-state index is 12.4. The molecule has 0 aliphatic rings. The SMILES string of the molecule is O=C(O)CN(CC(F)(F)F)C(=O)c1cc(Cl)ccc1I. The number of aliphatic carboxylic acids is 1. The third-order valence-corrected chi connectivity index (χ3v) is 3.32. The van der Waals surface area contributed by atoms with E-state index in [0.29, 0.717) is 3.57 Å². The maximum absolute atomic E-state index is 12.4. The molecule has 0 heterocycles. The van der Waals surface area contributed by atoms with Gasteiger partial charge in [-0.15, -0.1) is 0 Å². The van der Waals surface area contributed by atoms with Gasteiger partial charge < -0.3 is 10.0 Å². The summed E-state index contributed by atoms with van der Waals surface area (Å²) in [5.74, 6) is -2.56. The van der Waals surface area contributed by atoms with Crippen molar-refractivity contribution in [2.24, 2.45) is 0 Å². The quantitative estimate of drug-likeness (QED) is 0.761. The highest BCUT2D eigenvalue weighted by atomic mass is 127. The summed E-state index contributed by atoms with van der Waals surface area (Å²) in [6.45, 7) is -2.68. The van der Waals surface area contributed by atoms with Crippen molar-refractivity contribution in [1.82, 2.24) is 4.90 Å². The van der Waals surface area contributed by atoms with Crippen LogP contribution in [0, 0.1) is 3.57 Å². The highest BCUT2D eigenvalue weighted by Gasteiger charge is 2.34. The van der Waals surface area contributed by atoms with E-state index in [9.17, 15) is 22.8 Å². The summed E-state index contributed by atoms with van der Waals surface area (Å²) in [5.41, 5.74) is -0.0661. The average molecular weight is 422 g/mol. The normalized spacial score (nSPS) is 11.2. The first-order valence-electron chi connectivity index (χ1n) is 5.13. The van der Waals surface area contributed by atoms with Gasteiger partial charge in [-0.25, -0.2) is 0 Å². The molecule has 0 aromatic heterocycles. The molecule has 20 heavy (non-hydrogen) atoms. The van der Waals surface area contributed by atoms with Crippen LogP contribution < -0.4 is 0 Å². The number of carbonyl (C=O) groups is 2. The topological polar surface area (TPSA) is 57.6 Å². The fourth-order valence-corrected chi connectivity index (χ4v) is 2.15. The van der Waals surface area contributed by atoms with E-state index in [0.717, 1.165) is 0 Å². The van der Waals surface area contributed by atoms with Crippen molar-refractivity contribution in [3.05, 3.63) is 32.4 Å². The first-order chi connectivity index (χ1) is 9.10. The van der Waals surface area contributed by atoms with Gasteiger partial charge in [0.1, 0.15) is 13.1 Å². The van der Waals surface area contributed by atoms with Gasteiger partial charge in [0.05, 0.1) is 5.56 Å². The highest BCUT2D eigenvalue weighted by Crippen LogP contribution is 2.22. The van der Waals surface area contributed by atoms with Crippen molar-refractivity contribution in [3.8, 4) is 0 Å². The van der Waals surface area contributed by atoms with Crippen molar-refractivity contribution in [1.29, 1.82) is 0 Å². The first-order valence-corrected chi connectivity index (χ1v) is 6.58. The summed E-state index contributed by atoms with van der Waals surface area (Å²) >= 11 is 7.45. The van der Waals surface area contributed by atoms with Crippen LogP contribution >= 0.6 is 34.2 Å². The molecule has 0 saturated heterocycles. The van der Waals surface area contributed by atoms with Gasteiger partial charge in [-0.3, -0.25) is 9.59 Å². The largest absolute Gasteiger partial charge is 0.480 e. The molecule has 0 bridgehead atoms. The van der Waals surface area contributed by atoms with Crippen LogP contribution in [0.5, 0.6) is 0 Å². The van der Waals surface area contributed by atoms with Crippen LogP contribution in [-0.4, -0.2) is 41.1 Å². The zero-order chi connectivity index (χ0) is 15.5. The summed E-state index contributed by atoms with van der Waals surface area (Å²) in [5, 5.41) is 8.79. The molecule has 0 saturated carbocycles. The van der Waals surface area contributed by atoms with Gasteiger partial charge in [-0.05, 0) is 40.8 Å². The van der Waals surface area contributed by atoms with E-state index in [1.165, 1.54) is 18.2 Å². The summed E-state index contributed by atoms with van der Waals surface area (Å²) in [4.78, 5) is 22.8. The van der Waals surface area contributed by atoms with E-state index < -0.39 is 31.1 Å². The van der Waals surface area contributed by atoms with Crippen LogP contribution in [0.25, 0.3) is 0 Å². The molecule has 0 aliphatic heterocycles. The van der Waals surface area contributed by atoms with Gasteiger partial charge >= 0.3 is 12.1 Å². The Balaban J connectivity index is 3.09. The number of halogens is 5. The van der Waals surface area contributed by atoms with Gasteiger partial charge in [0.25, 0.3) is 5.91 Å². The van der Waals surface area contributed by atoms with Crippen molar-refractivity contribution in [2.75, 3.05) is 13.1 Å². The molecule has 0 radical (unpaired) electrons. The number of amides is 1. The summed E-state index contributed by atoms with van der Waals surface area (Å²) in [7, 11) is 0. The number of carbonyl (C=O) groups excluding carboxylic acids is 1. The Hall–Kier alpha value is -1.03. The van der Waals surface area contributed by atoms with Crippen LogP contribution in [0.15, 0.2) is 18.2 Å². The molecule has 4 nitrogen and oxygen atoms in total. The van der Waals surface area contributed by atoms with Crippen molar-refractivity contribution < 1.29 is 27.9 Å². The second-order valence-corrected chi connectivity index (χ2v) is 5.39. The van der Waals surface area contributed by atoms with Crippen LogP contribution in [0.2, 0.25) is 5.02 Å². The lowest BCUT2D eigenvalue weighted by Crippen LogP contribution is -2.42. The molecule has 110 valence electrons. The predicted octanol–water partition coefficient (Wildman–Crippen LogP) is 3.03. The van der Waals surface area contributed by atoms with Crippen molar-refractivity contribution in [2.45, 2.75) is 6.18 Å². The molecule has 0 unspecified atom stereocenters. The van der Waals surface area contributed by atoms with Gasteiger partial charge in [0.15, 0.2) is 0 Å². The minimum atomic E-state index is -4.69. The number of nitrogens with zero attached hydrogens (tertiary/aromatic N) is 1. The monoisotopic (exact) mass is 421 g/mol. The fraction of sp³-hybridized carbons (Fsp3) is 0.273. The van der Waals surface area contributed by atoms with Gasteiger partial charge in [0, 0.05) is 8.59 Å². The van der Waals surface area contributed by atoms with Gasteiger partial charge in [-0.1, -0.05) is 11.6 Å². The Morgan fingerprint density at radius 2 is 1.95 bits per heavy atom. The number of carboxylic acid groups (broad SMARTS) is 1. The van der Waals surface area contributed by atoms with Gasteiger partial charge in [-0.2, -0.15) is 13.2 Å². The molecule has 0 aliphatic carbocycles. The average Bonchev–Trinajstić information content (AvgIpc) is 2.28. The van der Waals surface area contributed by atoms with Crippen molar-refractivity contribution in [3.63, 3.8) is 0 Å². The summed E-state index contributed by atoms with van der Waals surface area (Å²) in [6.07, 6.45) is -4.69. The molecule has 0 fully saturated rings. The van der Waals surface area contributed by atoms with Gasteiger partial charge in [0.2, 0.25) is 0 Å². The Labute approximate surface area is 130 Å². The predicted molar refractivity (Wildman–Crippen MR) is 73.8 cm³/mol. The Morgan fingerprint density at radius 1 is 1.35 bits per heavy atom. The molecular weight excluding hydrogens is 413 g/mol. The van der Waals surface area contributed by atoms with E-state index in [4.69, 9.17) is 16.7 Å². The van der Waals surface area contributed by atoms with E-state index in [1.54, 1.807) is 22.6 Å². The molecule has 1 aromatic rings. The zero-order valence-corrected chi connectivity index (χ0v) is 12.7. The molecular formula is C11H8ClF3INO3. The first kappa shape index (κ1) is 17.0. The summed E-state index contributed by atoms with van der Waals surface area (Å²) < 4.78 is 37.6. The van der Waals surface area contributed by atoms with Crippen LogP contribution in [0.4, 0.5) is 13.2 Å². The smallest absolute Gasteiger partial charge is 0.406 e. The minimum absolute atomic E-state index is 0.0661. The second kappa shape index (κ2) is 6.61. The number of carboxylic acids is 1. The lowest BCUT2D eigenvalue weighted by atomic mass is 10.2. The van der Waals surface area contributed by atoms with E-state index in [2.05, 4.69) is 0 Å². The molecule has 1 rings (SSSR count). The Kier molecular flexibility index (Phi) is 5.63. The Morgan fingerprint density at radius 3 is 2.45 bits per heavy atom. The number of hydrogen-bond donors (Lipinski definition) is 1. The molecule has 1 N–H and O–H groups in total. The lowest BCUT2D eigenvalue weighted by Gasteiger charge is -2.22. The number of rotatable bonds is 4. The molecule has 1 aromatic carbocycles. The minimum Gasteiger partial charge on any atom is -0.480 e. The third kappa shape index (κ3) is 5.16. The molecule has 0 spiro atoms. The molecule has 9 heteroatoms. The van der Waals surface area contributed by atoms with Crippen LogP contribution in [0.3, 0.4) is 0 Å². The number of hydrogen-bond acceptors (Lipinski definition) is 2.